The van der Waals surface area contributed by atoms with Gasteiger partial charge in [0, 0.05) is 38.0 Å². The number of rotatable bonds is 53. The minimum absolute atomic E-state index is 0.0801. The molecule has 0 spiro atoms. The van der Waals surface area contributed by atoms with E-state index < -0.39 is 17.9 Å². The second-order valence-electron chi connectivity index (χ2n) is 28.3. The third-order valence-electron chi connectivity index (χ3n) is 19.3. The fourth-order valence-corrected chi connectivity index (χ4v) is 12.7. The average molecular weight is 1530 g/mol. The minimum atomic E-state index is -0.461. The Morgan fingerprint density at radius 3 is 0.711 bits per heavy atom. The number of hydrogen-bond donors (Lipinski definition) is 0. The molecule has 9 rings (SSSR count). The monoisotopic (exact) mass is 1530 g/mol. The maximum Gasteiger partial charge on any atom is 0.336 e. The van der Waals surface area contributed by atoms with Crippen LogP contribution in [0.2, 0.25) is 0 Å². The summed E-state index contributed by atoms with van der Waals surface area (Å²) < 4.78 is 53.4. The topological polar surface area (TPSA) is 206 Å². The van der Waals surface area contributed by atoms with Crippen LogP contribution in [0.25, 0.3) is 51.6 Å². The van der Waals surface area contributed by atoms with Gasteiger partial charge in [-0.05, 0) is 216 Å². The zero-order valence-corrected chi connectivity index (χ0v) is 65.7. The SMILES string of the molecule is N#Cc1ccc(-c2ccc(OC(=O)C=Cc3ccc(OCCCCCCCCCCOCC(COCCCCCCCCCCOc4ccc(C=CC(=O)Oc5ccc(-c6ccc(C#N)cc6)cc5)cc4)OCCCCCCCCCCOc4ccc(C=CC(=O)Oc5ccc(-c6ccc(C#N)cc6)cc5)cc4)cc3)cc2)cc1. The van der Waals surface area contributed by atoms with Crippen molar-refractivity contribution in [2.45, 2.75) is 160 Å². The Labute approximate surface area is 674 Å². The lowest BCUT2D eigenvalue weighted by atomic mass is 10.0. The lowest BCUT2D eigenvalue weighted by molar-refractivity contribution is -0.129. The highest BCUT2D eigenvalue weighted by atomic mass is 16.6. The van der Waals surface area contributed by atoms with Crippen LogP contribution < -0.4 is 28.4 Å². The Balaban J connectivity index is 0.576. The first-order valence-corrected chi connectivity index (χ1v) is 40.6. The molecule has 0 aromatic heterocycles. The van der Waals surface area contributed by atoms with E-state index >= 15 is 0 Å². The van der Waals surface area contributed by atoms with Crippen molar-refractivity contribution in [2.75, 3.05) is 52.9 Å². The van der Waals surface area contributed by atoms with Crippen LogP contribution in [-0.4, -0.2) is 76.9 Å². The number of nitriles is 3. The molecule has 114 heavy (non-hydrogen) atoms. The van der Waals surface area contributed by atoms with Crippen molar-refractivity contribution in [3.63, 3.8) is 0 Å². The molecule has 0 aliphatic carbocycles. The Bertz CT molecular complexity index is 4290. The fraction of sp³-hybridized carbons (Fsp3) is 0.333. The van der Waals surface area contributed by atoms with Gasteiger partial charge in [0.25, 0.3) is 0 Å². The molecule has 0 heterocycles. The molecule has 0 aliphatic heterocycles. The Morgan fingerprint density at radius 2 is 0.465 bits per heavy atom. The van der Waals surface area contributed by atoms with E-state index in [2.05, 4.69) is 18.2 Å². The Morgan fingerprint density at radius 1 is 0.254 bits per heavy atom. The van der Waals surface area contributed by atoms with Crippen molar-refractivity contribution in [1.29, 1.82) is 15.8 Å². The molecule has 0 aliphatic rings. The van der Waals surface area contributed by atoms with Gasteiger partial charge in [-0.25, -0.2) is 14.4 Å². The van der Waals surface area contributed by atoms with E-state index in [9.17, 15) is 14.4 Å². The first-order chi connectivity index (χ1) is 56.1. The van der Waals surface area contributed by atoms with Crippen molar-refractivity contribution in [3.8, 4) is 86.1 Å². The van der Waals surface area contributed by atoms with Crippen LogP contribution in [0.15, 0.2) is 237 Å². The minimum Gasteiger partial charge on any atom is -0.494 e. The normalized spacial score (nSPS) is 11.4. The van der Waals surface area contributed by atoms with E-state index in [1.165, 1.54) is 95.3 Å². The van der Waals surface area contributed by atoms with Gasteiger partial charge in [-0.2, -0.15) is 15.8 Å². The second-order valence-corrected chi connectivity index (χ2v) is 28.3. The van der Waals surface area contributed by atoms with E-state index in [1.54, 1.807) is 91.0 Å². The molecule has 0 N–H and O–H groups in total. The second kappa shape index (κ2) is 51.8. The molecule has 0 radical (unpaired) electrons. The van der Waals surface area contributed by atoms with Gasteiger partial charge < -0.3 is 42.6 Å². The number of nitrogens with zero attached hydrogens (tertiary/aromatic N) is 3. The van der Waals surface area contributed by atoms with Gasteiger partial charge >= 0.3 is 17.9 Å². The van der Waals surface area contributed by atoms with Gasteiger partial charge in [-0.1, -0.05) is 225 Å². The summed E-state index contributed by atoms with van der Waals surface area (Å²) in [5, 5.41) is 27.2. The number of carbonyl (C=O) groups is 3. The molecular formula is C99H107N3O12. The number of esters is 3. The van der Waals surface area contributed by atoms with Gasteiger partial charge in [-0.15, -0.1) is 0 Å². The largest absolute Gasteiger partial charge is 0.494 e. The maximum absolute atomic E-state index is 12.6. The van der Waals surface area contributed by atoms with Crippen LogP contribution in [0.4, 0.5) is 0 Å². The summed E-state index contributed by atoms with van der Waals surface area (Å²) in [5.74, 6) is 2.41. The zero-order chi connectivity index (χ0) is 79.5. The summed E-state index contributed by atoms with van der Waals surface area (Å²) in [7, 11) is 0. The van der Waals surface area contributed by atoms with Gasteiger partial charge in [0.05, 0.1) is 67.9 Å². The highest BCUT2D eigenvalue weighted by Crippen LogP contribution is 2.28. The molecule has 15 heteroatoms. The van der Waals surface area contributed by atoms with Crippen LogP contribution in [0, 0.1) is 34.0 Å². The molecule has 0 atom stereocenters. The van der Waals surface area contributed by atoms with Crippen LogP contribution >= 0.6 is 0 Å². The first-order valence-electron chi connectivity index (χ1n) is 40.6. The summed E-state index contributed by atoms with van der Waals surface area (Å²) in [6.07, 6.45) is 36.7. The van der Waals surface area contributed by atoms with Gasteiger partial charge in [-0.3, -0.25) is 0 Å². The number of unbranched alkanes of at least 4 members (excludes halogenated alkanes) is 21. The standard InChI is InChI=1S/C99H107N3O12/c100-73-81-25-40-84(41-26-81)87-46-58-93(59-47-87)112-97(103)64-37-78-31-52-90(53-32-78)108-69-21-15-9-3-1-7-13-19-67-106-76-96(111-72-24-18-12-6-5-11-17-23-71-110-92-56-35-80(36-57-92)39-66-99(105)114-95-62-50-89(51-63-95)86-44-29-83(75-102)30-45-86)77-107-68-20-14-8-2-4-10-16-22-70-109-91-54-33-79(34-55-91)38-65-98(104)113-94-60-48-88(49-61-94)85-42-27-82(74-101)28-43-85/h25-66,96H,1-24,67-72,76-77H2. The summed E-state index contributed by atoms with van der Waals surface area (Å²) in [4.78, 5) is 37.6. The van der Waals surface area contributed by atoms with Crippen molar-refractivity contribution >= 4 is 36.1 Å². The molecular weight excluding hydrogens is 1420 g/mol. The number of ether oxygens (including phenoxy) is 9. The highest BCUT2D eigenvalue weighted by molar-refractivity contribution is 5.90. The molecule has 15 nitrogen and oxygen atoms in total. The van der Waals surface area contributed by atoms with E-state index in [0.29, 0.717) is 73.6 Å². The number of benzene rings is 9. The van der Waals surface area contributed by atoms with E-state index in [4.69, 9.17) is 58.4 Å². The Kier molecular flexibility index (Phi) is 39.2. The van der Waals surface area contributed by atoms with E-state index in [1.807, 2.05) is 146 Å². The smallest absolute Gasteiger partial charge is 0.336 e. The molecule has 0 saturated heterocycles. The van der Waals surface area contributed by atoms with Crippen molar-refractivity contribution in [1.82, 2.24) is 0 Å². The van der Waals surface area contributed by atoms with Crippen LogP contribution in [0.5, 0.6) is 34.5 Å². The van der Waals surface area contributed by atoms with E-state index in [-0.39, 0.29) is 6.10 Å². The molecule has 590 valence electrons. The number of hydrogen-bond acceptors (Lipinski definition) is 15. The van der Waals surface area contributed by atoms with Crippen molar-refractivity contribution in [3.05, 3.63) is 270 Å². The average Bonchev–Trinajstić information content (AvgIpc) is 0.874. The number of carbonyl (C=O) groups excluding carboxylic acids is 3. The van der Waals surface area contributed by atoms with Crippen molar-refractivity contribution < 1.29 is 57.0 Å². The zero-order valence-electron chi connectivity index (χ0n) is 65.7. The fourth-order valence-electron chi connectivity index (χ4n) is 12.7. The summed E-state index contributed by atoms with van der Waals surface area (Å²) in [5.41, 5.74) is 10.3. The first kappa shape index (κ1) is 86.3. The maximum atomic E-state index is 12.6. The van der Waals surface area contributed by atoms with Gasteiger partial charge in [0.2, 0.25) is 0 Å². The van der Waals surface area contributed by atoms with E-state index in [0.717, 1.165) is 158 Å². The van der Waals surface area contributed by atoms with Crippen LogP contribution in [0.1, 0.15) is 187 Å². The third kappa shape index (κ3) is 34.1. The Hall–Kier alpha value is -11.6. The predicted molar refractivity (Wildman–Crippen MR) is 452 cm³/mol. The van der Waals surface area contributed by atoms with Gasteiger partial charge in [0.1, 0.15) is 40.6 Å². The van der Waals surface area contributed by atoms with Crippen LogP contribution in [-0.2, 0) is 28.6 Å². The molecule has 0 saturated carbocycles. The van der Waals surface area contributed by atoms with Crippen molar-refractivity contribution in [2.24, 2.45) is 0 Å². The summed E-state index contributed by atoms with van der Waals surface area (Å²) in [6.45, 7) is 5.25. The molecule has 0 bridgehead atoms. The quantitative estimate of drug-likeness (QED) is 0.0150. The molecule has 9 aromatic rings. The third-order valence-corrected chi connectivity index (χ3v) is 19.3. The lowest BCUT2D eigenvalue weighted by Crippen LogP contribution is -2.26. The molecule has 0 unspecified atom stereocenters. The highest BCUT2D eigenvalue weighted by Gasteiger charge is 2.13. The molecule has 9 aromatic carbocycles. The summed E-state index contributed by atoms with van der Waals surface area (Å²) >= 11 is 0. The summed E-state index contributed by atoms with van der Waals surface area (Å²) in [6, 6.07) is 73.4. The molecule has 0 amide bonds. The lowest BCUT2D eigenvalue weighted by Gasteiger charge is -2.18. The molecule has 0 fully saturated rings. The van der Waals surface area contributed by atoms with Gasteiger partial charge in [0.15, 0.2) is 0 Å². The predicted octanol–water partition coefficient (Wildman–Crippen LogP) is 23.5. The van der Waals surface area contributed by atoms with Crippen LogP contribution in [0.3, 0.4) is 0 Å².